The topological polar surface area (TPSA) is 231 Å². The van der Waals surface area contributed by atoms with E-state index < -0.39 is 82.3 Å². The second-order valence-electron chi connectivity index (χ2n) is 7.29. The minimum atomic E-state index is -4.51. The average Bonchev–Trinajstić information content (AvgIpc) is 2.75. The molecule has 0 aromatic carbocycles. The predicted molar refractivity (Wildman–Crippen MR) is 100 cm³/mol. The molecule has 2 heterocycles. The van der Waals surface area contributed by atoms with Crippen LogP contribution in [-0.2, 0) is 27.8 Å². The lowest BCUT2D eigenvalue weighted by Crippen LogP contribution is -2.64. The molecule has 0 aliphatic carbocycles. The fraction of sp³-hybridized carbons (Fsp3) is 1.00. The zero-order valence-electron chi connectivity index (χ0n) is 16.9. The number of hydrogen-bond acceptors (Lipinski definition) is 13. The van der Waals surface area contributed by atoms with Gasteiger partial charge >= 0.3 is 7.82 Å². The molecular weight excluding hydrogens is 445 g/mol. The summed E-state index contributed by atoms with van der Waals surface area (Å²) in [7, 11) is -4.51. The second-order valence-corrected chi connectivity index (χ2v) is 8.74. The van der Waals surface area contributed by atoms with E-state index in [0.717, 1.165) is 0 Å². The van der Waals surface area contributed by atoms with Crippen LogP contribution in [-0.4, -0.2) is 123 Å². The minimum Gasteiger partial charge on any atom is -0.394 e. The standard InChI is InChI=1S/C16H32NO13P/c1-2-7-15(13(22)10(19)8(5-18)28-7)30-16-14(23)12(21)11(20)9(29-16)6-27-31(24,25)26-4-3-17/h7-16,18-23H,2-6,17H2,1H3,(H,24,25)/t7-,8?,9?,10-,11-,12+,13+,14?,15?,16-/m1/s1. The maximum Gasteiger partial charge on any atom is 0.472 e. The van der Waals surface area contributed by atoms with Crippen molar-refractivity contribution in [2.45, 2.75) is 74.6 Å². The summed E-state index contributed by atoms with van der Waals surface area (Å²) in [6, 6.07) is 0. The third kappa shape index (κ3) is 6.62. The molecule has 2 fully saturated rings. The van der Waals surface area contributed by atoms with E-state index >= 15 is 0 Å². The summed E-state index contributed by atoms with van der Waals surface area (Å²) in [6.45, 7) is 0.156. The van der Waals surface area contributed by atoms with Crippen molar-refractivity contribution in [2.24, 2.45) is 5.73 Å². The Balaban J connectivity index is 2.08. The Morgan fingerprint density at radius 3 is 2.13 bits per heavy atom. The van der Waals surface area contributed by atoms with Crippen molar-refractivity contribution >= 4 is 7.82 Å². The fourth-order valence-corrected chi connectivity index (χ4v) is 4.10. The Morgan fingerprint density at radius 1 is 0.903 bits per heavy atom. The smallest absolute Gasteiger partial charge is 0.394 e. The van der Waals surface area contributed by atoms with Crippen molar-refractivity contribution in [3.05, 3.63) is 0 Å². The third-order valence-electron chi connectivity index (χ3n) is 5.10. The molecule has 0 radical (unpaired) electrons. The Hall–Kier alpha value is -0.290. The minimum absolute atomic E-state index is 0.0370. The largest absolute Gasteiger partial charge is 0.472 e. The molecular formula is C16H32NO13P. The van der Waals surface area contributed by atoms with E-state index in [2.05, 4.69) is 4.52 Å². The first-order valence-electron chi connectivity index (χ1n) is 9.85. The molecule has 14 nitrogen and oxygen atoms in total. The highest BCUT2D eigenvalue weighted by atomic mass is 31.2. The summed E-state index contributed by atoms with van der Waals surface area (Å²) >= 11 is 0. The first-order chi connectivity index (χ1) is 14.6. The molecule has 11 atom stereocenters. The summed E-state index contributed by atoms with van der Waals surface area (Å²) in [5.74, 6) is 0. The zero-order valence-corrected chi connectivity index (χ0v) is 17.8. The molecule has 2 aliphatic rings. The van der Waals surface area contributed by atoms with E-state index in [1.807, 2.05) is 0 Å². The lowest BCUT2D eigenvalue weighted by Gasteiger charge is -2.46. The number of aliphatic hydroxyl groups is 6. The quantitative estimate of drug-likeness (QED) is 0.141. The van der Waals surface area contributed by atoms with Crippen LogP contribution in [0.5, 0.6) is 0 Å². The van der Waals surface area contributed by atoms with Crippen molar-refractivity contribution in [1.82, 2.24) is 0 Å². The van der Waals surface area contributed by atoms with Gasteiger partial charge in [0.15, 0.2) is 6.29 Å². The van der Waals surface area contributed by atoms with Gasteiger partial charge < -0.3 is 55.5 Å². The normalized spacial score (nSPS) is 43.5. The van der Waals surface area contributed by atoms with Crippen molar-refractivity contribution in [3.63, 3.8) is 0 Å². The monoisotopic (exact) mass is 477 g/mol. The van der Waals surface area contributed by atoms with Gasteiger partial charge in [0, 0.05) is 6.54 Å². The number of phosphoric acid groups is 1. The molecule has 15 heteroatoms. The van der Waals surface area contributed by atoms with Crippen LogP contribution >= 0.6 is 7.82 Å². The van der Waals surface area contributed by atoms with Gasteiger partial charge in [0.05, 0.1) is 25.9 Å². The molecule has 184 valence electrons. The molecule has 9 N–H and O–H groups in total. The van der Waals surface area contributed by atoms with E-state index in [0.29, 0.717) is 6.42 Å². The van der Waals surface area contributed by atoms with Crippen molar-refractivity contribution < 1.29 is 63.4 Å². The summed E-state index contributed by atoms with van der Waals surface area (Å²) in [5.41, 5.74) is 5.18. The number of rotatable bonds is 10. The molecule has 5 unspecified atom stereocenters. The Bertz CT molecular complexity index is 598. The SMILES string of the molecule is CC[C@H]1OC(CO)[C@@H](O)[C@H](O)C1O[C@H]1OC(COP(=O)(O)OCCN)[C@@H](O)[C@H](O)C1O. The Labute approximate surface area is 178 Å². The van der Waals surface area contributed by atoms with E-state index in [4.69, 9.17) is 24.5 Å². The fourth-order valence-electron chi connectivity index (χ4n) is 3.36. The van der Waals surface area contributed by atoms with Gasteiger partial charge in [-0.2, -0.15) is 0 Å². The number of ether oxygens (including phenoxy) is 3. The van der Waals surface area contributed by atoms with E-state index in [1.165, 1.54) is 0 Å². The number of nitrogens with two attached hydrogens (primary N) is 1. The van der Waals surface area contributed by atoms with Crippen LogP contribution < -0.4 is 5.73 Å². The first-order valence-corrected chi connectivity index (χ1v) is 11.3. The van der Waals surface area contributed by atoms with Crippen LogP contribution in [0.2, 0.25) is 0 Å². The van der Waals surface area contributed by atoms with Gasteiger partial charge in [0.1, 0.15) is 48.8 Å². The van der Waals surface area contributed by atoms with E-state index in [-0.39, 0.29) is 13.2 Å². The Kier molecular flexibility index (Phi) is 10.2. The number of phosphoric ester groups is 1. The summed E-state index contributed by atoms with van der Waals surface area (Å²) in [4.78, 5) is 9.56. The molecule has 2 rings (SSSR count). The molecule has 2 aliphatic heterocycles. The highest BCUT2D eigenvalue weighted by molar-refractivity contribution is 7.47. The molecule has 0 saturated carbocycles. The summed E-state index contributed by atoms with van der Waals surface area (Å²) < 4.78 is 37.5. The average molecular weight is 477 g/mol. The highest BCUT2D eigenvalue weighted by Gasteiger charge is 2.50. The van der Waals surface area contributed by atoms with E-state index in [9.17, 15) is 40.1 Å². The van der Waals surface area contributed by atoms with Crippen molar-refractivity contribution in [2.75, 3.05) is 26.4 Å². The lowest BCUT2D eigenvalue weighted by atomic mass is 9.93. The maximum absolute atomic E-state index is 11.8. The highest BCUT2D eigenvalue weighted by Crippen LogP contribution is 2.43. The lowest BCUT2D eigenvalue weighted by molar-refractivity contribution is -0.341. The van der Waals surface area contributed by atoms with Crippen LogP contribution in [0.4, 0.5) is 0 Å². The van der Waals surface area contributed by atoms with Crippen LogP contribution in [0, 0.1) is 0 Å². The molecule has 0 aromatic rings. The van der Waals surface area contributed by atoms with Crippen molar-refractivity contribution in [1.29, 1.82) is 0 Å². The van der Waals surface area contributed by atoms with Gasteiger partial charge in [-0.1, -0.05) is 6.92 Å². The molecule has 31 heavy (non-hydrogen) atoms. The summed E-state index contributed by atoms with van der Waals surface area (Å²) in [5, 5.41) is 60.3. The van der Waals surface area contributed by atoms with Gasteiger partial charge in [-0.3, -0.25) is 9.05 Å². The number of aliphatic hydroxyl groups excluding tert-OH is 6. The first kappa shape index (κ1) is 27.0. The molecule has 0 bridgehead atoms. The molecule has 0 aromatic heterocycles. The van der Waals surface area contributed by atoms with Crippen LogP contribution in [0.15, 0.2) is 0 Å². The predicted octanol–water partition coefficient (Wildman–Crippen LogP) is -3.84. The van der Waals surface area contributed by atoms with Gasteiger partial charge in [-0.05, 0) is 6.42 Å². The van der Waals surface area contributed by atoms with Gasteiger partial charge in [-0.15, -0.1) is 0 Å². The third-order valence-corrected chi connectivity index (χ3v) is 6.08. The van der Waals surface area contributed by atoms with E-state index in [1.54, 1.807) is 6.92 Å². The van der Waals surface area contributed by atoms with Crippen molar-refractivity contribution in [3.8, 4) is 0 Å². The Morgan fingerprint density at radius 2 is 1.55 bits per heavy atom. The second kappa shape index (κ2) is 11.7. The maximum atomic E-state index is 11.8. The molecule has 0 spiro atoms. The van der Waals surface area contributed by atoms with Crippen LogP contribution in [0.1, 0.15) is 13.3 Å². The van der Waals surface area contributed by atoms with Gasteiger partial charge in [0.2, 0.25) is 0 Å². The molecule has 2 saturated heterocycles. The van der Waals surface area contributed by atoms with Crippen LogP contribution in [0.25, 0.3) is 0 Å². The van der Waals surface area contributed by atoms with Gasteiger partial charge in [0.25, 0.3) is 0 Å². The summed E-state index contributed by atoms with van der Waals surface area (Å²) in [6.07, 6.45) is -14.1. The number of hydrogen-bond donors (Lipinski definition) is 8. The zero-order chi connectivity index (χ0) is 23.3. The van der Waals surface area contributed by atoms with Gasteiger partial charge in [-0.25, -0.2) is 4.57 Å². The molecule has 0 amide bonds. The van der Waals surface area contributed by atoms with Crippen LogP contribution in [0.3, 0.4) is 0 Å².